The predicted molar refractivity (Wildman–Crippen MR) is 115 cm³/mol. The molecule has 0 atom stereocenters. The van der Waals surface area contributed by atoms with E-state index in [1.54, 1.807) is 13.2 Å². The average Bonchev–Trinajstić information content (AvgIpc) is 2.80. The Balaban J connectivity index is 2.24. The molecule has 8 heteroatoms. The van der Waals surface area contributed by atoms with E-state index in [1.807, 2.05) is 24.3 Å². The van der Waals surface area contributed by atoms with Crippen molar-refractivity contribution in [2.24, 2.45) is 0 Å². The third-order valence-electron chi connectivity index (χ3n) is 3.96. The molecule has 0 saturated heterocycles. The van der Waals surface area contributed by atoms with Crippen molar-refractivity contribution < 1.29 is 38.0 Å². The number of esters is 2. The summed E-state index contributed by atoms with van der Waals surface area (Å²) in [5, 5.41) is 1.54. The van der Waals surface area contributed by atoms with Crippen LogP contribution in [0.4, 0.5) is 0 Å². The van der Waals surface area contributed by atoms with Gasteiger partial charge in [0.15, 0.2) is 11.5 Å². The zero-order valence-corrected chi connectivity index (χ0v) is 17.5. The van der Waals surface area contributed by atoms with Gasteiger partial charge in [0.25, 0.3) is 0 Å². The zero-order valence-electron chi connectivity index (χ0n) is 17.5. The first-order valence-corrected chi connectivity index (χ1v) is 9.62. The van der Waals surface area contributed by atoms with Gasteiger partial charge in [-0.15, -0.1) is 0 Å². The fourth-order valence-corrected chi connectivity index (χ4v) is 2.60. The van der Waals surface area contributed by atoms with Crippen LogP contribution in [0.5, 0.6) is 17.2 Å². The molecule has 2 rings (SSSR count). The van der Waals surface area contributed by atoms with Gasteiger partial charge in [-0.25, -0.2) is 9.59 Å². The van der Waals surface area contributed by atoms with Crippen molar-refractivity contribution in [3.8, 4) is 17.2 Å². The first-order valence-electron chi connectivity index (χ1n) is 9.62. The van der Waals surface area contributed by atoms with Crippen LogP contribution in [0.3, 0.4) is 0 Å². The highest BCUT2D eigenvalue weighted by Crippen LogP contribution is 2.41. The van der Waals surface area contributed by atoms with Gasteiger partial charge in [0.1, 0.15) is 38.8 Å². The van der Waals surface area contributed by atoms with Crippen LogP contribution in [0.15, 0.2) is 55.6 Å². The predicted octanol–water partition coefficient (Wildman–Crippen LogP) is 3.08. The van der Waals surface area contributed by atoms with Crippen LogP contribution >= 0.6 is 0 Å². The summed E-state index contributed by atoms with van der Waals surface area (Å²) in [7, 11) is 1.58. The van der Waals surface area contributed by atoms with Gasteiger partial charge in [-0.2, -0.15) is 0 Å². The topological polar surface area (TPSA) is 89.5 Å². The van der Waals surface area contributed by atoms with E-state index in [0.717, 1.165) is 22.9 Å². The van der Waals surface area contributed by atoms with E-state index in [0.29, 0.717) is 30.5 Å². The van der Waals surface area contributed by atoms with Crippen LogP contribution in [0.2, 0.25) is 0 Å². The molecule has 166 valence electrons. The van der Waals surface area contributed by atoms with E-state index in [1.165, 1.54) is 0 Å². The molecular weight excluding hydrogens is 404 g/mol. The Morgan fingerprint density at radius 1 is 0.774 bits per heavy atom. The van der Waals surface area contributed by atoms with Gasteiger partial charge in [-0.05, 0) is 0 Å². The summed E-state index contributed by atoms with van der Waals surface area (Å²) < 4.78 is 32.5. The van der Waals surface area contributed by atoms with Crippen molar-refractivity contribution in [1.82, 2.24) is 0 Å². The number of ether oxygens (including phenoxy) is 6. The van der Waals surface area contributed by atoms with Gasteiger partial charge in [-0.1, -0.05) is 37.4 Å². The minimum atomic E-state index is -0.522. The van der Waals surface area contributed by atoms with Gasteiger partial charge in [0.05, 0.1) is 6.61 Å². The maximum absolute atomic E-state index is 11.2. The van der Waals surface area contributed by atoms with Gasteiger partial charge in [-0.3, -0.25) is 0 Å². The molecule has 0 aliphatic carbocycles. The quantitative estimate of drug-likeness (QED) is 0.257. The number of methoxy groups -OCH3 is 1. The SMILES string of the molecule is C=CC(=O)OCCOc1cc(OCCOC)c(OCCOC(=O)C=C)c2ccccc12. The highest BCUT2D eigenvalue weighted by atomic mass is 16.6. The second-order valence-electron chi connectivity index (χ2n) is 6.03. The Morgan fingerprint density at radius 2 is 1.32 bits per heavy atom. The lowest BCUT2D eigenvalue weighted by atomic mass is 10.1. The maximum atomic E-state index is 11.2. The highest BCUT2D eigenvalue weighted by Gasteiger charge is 2.16. The number of rotatable bonds is 14. The van der Waals surface area contributed by atoms with Crippen molar-refractivity contribution in [3.63, 3.8) is 0 Å². The molecule has 0 bridgehead atoms. The van der Waals surface area contributed by atoms with Crippen molar-refractivity contribution >= 4 is 22.7 Å². The molecule has 0 aromatic heterocycles. The largest absolute Gasteiger partial charge is 0.489 e. The third-order valence-corrected chi connectivity index (χ3v) is 3.96. The molecular formula is C23H26O8. The Kier molecular flexibility index (Phi) is 9.90. The molecule has 31 heavy (non-hydrogen) atoms. The van der Waals surface area contributed by atoms with E-state index in [4.69, 9.17) is 28.4 Å². The van der Waals surface area contributed by atoms with E-state index in [9.17, 15) is 9.59 Å². The standard InChI is InChI=1S/C23H26O8/c1-4-21(24)29-13-12-27-19-16-20(28-11-10-26-3)23(18-9-7-6-8-17(18)19)31-15-14-30-22(25)5-2/h4-9,16H,1-2,10-15H2,3H3. The molecule has 0 amide bonds. The van der Waals surface area contributed by atoms with Gasteiger partial charge < -0.3 is 28.4 Å². The summed E-state index contributed by atoms with van der Waals surface area (Å²) in [5.41, 5.74) is 0. The van der Waals surface area contributed by atoms with Crippen LogP contribution in [0.1, 0.15) is 0 Å². The number of benzene rings is 2. The zero-order chi connectivity index (χ0) is 22.5. The van der Waals surface area contributed by atoms with Crippen molar-refractivity contribution in [2.45, 2.75) is 0 Å². The summed E-state index contributed by atoms with van der Waals surface area (Å²) in [5.74, 6) is 0.447. The lowest BCUT2D eigenvalue weighted by Crippen LogP contribution is -2.13. The number of hydrogen-bond acceptors (Lipinski definition) is 8. The molecule has 0 unspecified atom stereocenters. The van der Waals surface area contributed by atoms with E-state index in [-0.39, 0.29) is 26.4 Å². The van der Waals surface area contributed by atoms with Gasteiger partial charge in [0, 0.05) is 36.1 Å². The van der Waals surface area contributed by atoms with Crippen molar-refractivity contribution in [2.75, 3.05) is 46.8 Å². The monoisotopic (exact) mass is 430 g/mol. The number of fused-ring (bicyclic) bond motifs is 1. The molecule has 2 aromatic rings. The third kappa shape index (κ3) is 7.35. The van der Waals surface area contributed by atoms with E-state index in [2.05, 4.69) is 13.2 Å². The maximum Gasteiger partial charge on any atom is 0.330 e. The van der Waals surface area contributed by atoms with Gasteiger partial charge >= 0.3 is 11.9 Å². The Bertz CT molecular complexity index is 906. The summed E-state index contributed by atoms with van der Waals surface area (Å²) in [6.45, 7) is 7.80. The van der Waals surface area contributed by atoms with Crippen LogP contribution < -0.4 is 14.2 Å². The lowest BCUT2D eigenvalue weighted by molar-refractivity contribution is -0.139. The summed E-state index contributed by atoms with van der Waals surface area (Å²) in [6.07, 6.45) is 2.18. The molecule has 0 spiro atoms. The lowest BCUT2D eigenvalue weighted by Gasteiger charge is -2.18. The van der Waals surface area contributed by atoms with Crippen LogP contribution in [0.25, 0.3) is 10.8 Å². The smallest absolute Gasteiger partial charge is 0.330 e. The minimum Gasteiger partial charge on any atom is -0.489 e. The number of hydrogen-bond donors (Lipinski definition) is 0. The molecule has 8 nitrogen and oxygen atoms in total. The number of carbonyl (C=O) groups is 2. The Labute approximate surface area is 180 Å². The van der Waals surface area contributed by atoms with E-state index < -0.39 is 11.9 Å². The molecule has 0 heterocycles. The van der Waals surface area contributed by atoms with Gasteiger partial charge in [0.2, 0.25) is 0 Å². The summed E-state index contributed by atoms with van der Waals surface area (Å²) in [6, 6.07) is 9.19. The van der Waals surface area contributed by atoms with Crippen LogP contribution in [0, 0.1) is 0 Å². The molecule has 2 aromatic carbocycles. The highest BCUT2D eigenvalue weighted by molar-refractivity contribution is 5.95. The second kappa shape index (κ2) is 12.9. The molecule has 0 aliphatic heterocycles. The molecule has 0 saturated carbocycles. The van der Waals surface area contributed by atoms with Crippen molar-refractivity contribution in [1.29, 1.82) is 0 Å². The normalized spacial score (nSPS) is 10.2. The fourth-order valence-electron chi connectivity index (χ4n) is 2.60. The molecule has 0 aliphatic rings. The minimum absolute atomic E-state index is 0.0591. The average molecular weight is 430 g/mol. The summed E-state index contributed by atoms with van der Waals surface area (Å²) >= 11 is 0. The molecule has 0 fully saturated rings. The molecule has 0 radical (unpaired) electrons. The Hall–Kier alpha value is -3.52. The molecule has 0 N–H and O–H groups in total. The van der Waals surface area contributed by atoms with Crippen LogP contribution in [-0.4, -0.2) is 58.7 Å². The van der Waals surface area contributed by atoms with Crippen molar-refractivity contribution in [3.05, 3.63) is 55.6 Å². The first-order chi connectivity index (χ1) is 15.1. The summed E-state index contributed by atoms with van der Waals surface area (Å²) in [4.78, 5) is 22.4. The fraction of sp³-hybridized carbons (Fsp3) is 0.304. The van der Waals surface area contributed by atoms with Crippen LogP contribution in [-0.2, 0) is 23.8 Å². The second-order valence-corrected chi connectivity index (χ2v) is 6.03. The number of carbonyl (C=O) groups excluding carboxylic acids is 2. The Morgan fingerprint density at radius 3 is 1.94 bits per heavy atom. The first kappa shape index (κ1) is 23.8. The van der Waals surface area contributed by atoms with E-state index >= 15 is 0 Å².